The van der Waals surface area contributed by atoms with Crippen molar-refractivity contribution in [1.82, 2.24) is 15.5 Å². The Bertz CT molecular complexity index is 1200. The van der Waals surface area contributed by atoms with E-state index in [0.29, 0.717) is 27.1 Å². The Morgan fingerprint density at radius 2 is 1.93 bits per heavy atom. The number of amides is 1. The lowest BCUT2D eigenvalue weighted by Gasteiger charge is -2.05. The number of ketones is 1. The van der Waals surface area contributed by atoms with Crippen molar-refractivity contribution >= 4 is 34.9 Å². The summed E-state index contributed by atoms with van der Waals surface area (Å²) in [5, 5.41) is 7.39. The predicted octanol–water partition coefficient (Wildman–Crippen LogP) is 5.04. The largest absolute Gasteiger partial charge is 0.467 e. The van der Waals surface area contributed by atoms with Crippen LogP contribution >= 0.6 is 23.2 Å². The second kappa shape index (κ2) is 8.22. The van der Waals surface area contributed by atoms with Crippen LogP contribution in [0.5, 0.6) is 0 Å². The molecule has 7 nitrogen and oxygen atoms in total. The molecule has 1 amide bonds. The van der Waals surface area contributed by atoms with Gasteiger partial charge < -0.3 is 19.2 Å². The van der Waals surface area contributed by atoms with Gasteiger partial charge in [0.2, 0.25) is 0 Å². The van der Waals surface area contributed by atoms with E-state index in [1.165, 1.54) is 18.5 Å². The first-order chi connectivity index (χ1) is 14.5. The number of carbonyl (C=O) groups is 2. The Morgan fingerprint density at radius 3 is 2.63 bits per heavy atom. The van der Waals surface area contributed by atoms with Crippen LogP contribution in [-0.2, 0) is 6.54 Å². The lowest BCUT2D eigenvalue weighted by molar-refractivity contribution is 0.0943. The molecule has 0 fully saturated rings. The van der Waals surface area contributed by atoms with Gasteiger partial charge in [0, 0.05) is 17.3 Å². The molecule has 0 bridgehead atoms. The summed E-state index contributed by atoms with van der Waals surface area (Å²) in [5.74, 6) is 0.187. The number of carbonyl (C=O) groups excluding carboxylic acids is 2. The van der Waals surface area contributed by atoms with Crippen LogP contribution in [0.2, 0.25) is 10.0 Å². The van der Waals surface area contributed by atoms with Gasteiger partial charge in [0.1, 0.15) is 22.9 Å². The minimum atomic E-state index is -0.374. The number of furan rings is 1. The molecule has 9 heteroatoms. The fraction of sp³-hybridized carbons (Fsp3) is 0.0952. The second-order valence-corrected chi connectivity index (χ2v) is 7.27. The molecule has 0 radical (unpaired) electrons. The number of nitrogens with zero attached hydrogens (tertiary/aromatic N) is 1. The highest BCUT2D eigenvalue weighted by molar-refractivity contribution is 6.39. The SMILES string of the molecule is Cc1onc(-c2c(Cl)cccc2Cl)c1C(=O)c1c[nH]c(C(=O)NCc2ccco2)c1. The van der Waals surface area contributed by atoms with Gasteiger partial charge in [0.25, 0.3) is 5.91 Å². The fourth-order valence-corrected chi connectivity index (χ4v) is 3.59. The van der Waals surface area contributed by atoms with Crippen LogP contribution in [0.3, 0.4) is 0 Å². The van der Waals surface area contributed by atoms with Gasteiger partial charge in [-0.15, -0.1) is 0 Å². The van der Waals surface area contributed by atoms with E-state index in [-0.39, 0.29) is 40.7 Å². The minimum Gasteiger partial charge on any atom is -0.467 e. The zero-order valence-electron chi connectivity index (χ0n) is 15.7. The summed E-state index contributed by atoms with van der Waals surface area (Å²) in [4.78, 5) is 28.3. The third-order valence-corrected chi connectivity index (χ3v) is 5.11. The summed E-state index contributed by atoms with van der Waals surface area (Å²) in [7, 11) is 0. The molecule has 4 aromatic rings. The highest BCUT2D eigenvalue weighted by Crippen LogP contribution is 2.37. The number of aromatic nitrogens is 2. The summed E-state index contributed by atoms with van der Waals surface area (Å²) >= 11 is 12.5. The average Bonchev–Trinajstić information content (AvgIpc) is 3.47. The maximum Gasteiger partial charge on any atom is 0.268 e. The van der Waals surface area contributed by atoms with Crippen molar-refractivity contribution in [2.24, 2.45) is 0 Å². The first-order valence-electron chi connectivity index (χ1n) is 8.90. The molecule has 1 aromatic carbocycles. The summed E-state index contributed by atoms with van der Waals surface area (Å²) in [5.41, 5.74) is 1.39. The summed E-state index contributed by atoms with van der Waals surface area (Å²) in [6.07, 6.45) is 2.98. The number of aromatic amines is 1. The van der Waals surface area contributed by atoms with Gasteiger partial charge in [-0.1, -0.05) is 34.4 Å². The van der Waals surface area contributed by atoms with Crippen molar-refractivity contribution in [2.75, 3.05) is 0 Å². The van der Waals surface area contributed by atoms with Crippen LogP contribution in [0, 0.1) is 6.92 Å². The number of aryl methyl sites for hydroxylation is 1. The molecule has 0 unspecified atom stereocenters. The summed E-state index contributed by atoms with van der Waals surface area (Å²) in [6, 6.07) is 9.95. The Balaban J connectivity index is 1.61. The van der Waals surface area contributed by atoms with Gasteiger partial charge in [0.05, 0.1) is 28.4 Å². The average molecular weight is 444 g/mol. The van der Waals surface area contributed by atoms with Gasteiger partial charge in [-0.3, -0.25) is 9.59 Å². The number of benzene rings is 1. The first kappa shape index (κ1) is 20.0. The van der Waals surface area contributed by atoms with Gasteiger partial charge in [-0.2, -0.15) is 0 Å². The van der Waals surface area contributed by atoms with E-state index in [2.05, 4.69) is 15.5 Å². The Hall–Kier alpha value is -3.29. The fourth-order valence-electron chi connectivity index (χ4n) is 3.01. The molecule has 0 aliphatic carbocycles. The maximum atomic E-state index is 13.2. The molecule has 4 rings (SSSR count). The zero-order chi connectivity index (χ0) is 21.3. The maximum absolute atomic E-state index is 13.2. The molecule has 3 aromatic heterocycles. The molecule has 30 heavy (non-hydrogen) atoms. The van der Waals surface area contributed by atoms with Crippen molar-refractivity contribution in [3.8, 4) is 11.3 Å². The molecule has 0 aliphatic rings. The van der Waals surface area contributed by atoms with Crippen molar-refractivity contribution in [3.63, 3.8) is 0 Å². The molecule has 0 saturated carbocycles. The van der Waals surface area contributed by atoms with Gasteiger partial charge >= 0.3 is 0 Å². The van der Waals surface area contributed by atoms with Gasteiger partial charge in [0.15, 0.2) is 5.78 Å². The normalized spacial score (nSPS) is 10.9. The quantitative estimate of drug-likeness (QED) is 0.406. The van der Waals surface area contributed by atoms with Crippen LogP contribution in [-0.4, -0.2) is 21.8 Å². The van der Waals surface area contributed by atoms with Crippen molar-refractivity contribution in [1.29, 1.82) is 0 Å². The molecule has 0 atom stereocenters. The van der Waals surface area contributed by atoms with Gasteiger partial charge in [-0.25, -0.2) is 0 Å². The number of nitrogens with one attached hydrogen (secondary N) is 2. The lowest BCUT2D eigenvalue weighted by atomic mass is 9.99. The van der Waals surface area contributed by atoms with Gasteiger partial charge in [-0.05, 0) is 37.3 Å². The monoisotopic (exact) mass is 443 g/mol. The number of hydrogen-bond acceptors (Lipinski definition) is 5. The van der Waals surface area contributed by atoms with Crippen LogP contribution in [0.1, 0.15) is 37.9 Å². The minimum absolute atomic E-state index is 0.228. The van der Waals surface area contributed by atoms with Crippen molar-refractivity contribution in [3.05, 3.63) is 87.2 Å². The van der Waals surface area contributed by atoms with E-state index in [1.54, 1.807) is 37.3 Å². The smallest absolute Gasteiger partial charge is 0.268 e. The van der Waals surface area contributed by atoms with E-state index in [9.17, 15) is 9.59 Å². The Labute approximate surface area is 181 Å². The lowest BCUT2D eigenvalue weighted by Crippen LogP contribution is -2.22. The van der Waals surface area contributed by atoms with E-state index in [4.69, 9.17) is 32.1 Å². The molecular weight excluding hydrogens is 429 g/mol. The van der Waals surface area contributed by atoms with Crippen molar-refractivity contribution in [2.45, 2.75) is 13.5 Å². The third kappa shape index (κ3) is 3.77. The molecular formula is C21H15Cl2N3O4. The second-order valence-electron chi connectivity index (χ2n) is 6.45. The molecule has 3 heterocycles. The molecule has 0 saturated heterocycles. The van der Waals surface area contributed by atoms with E-state index in [0.717, 1.165) is 0 Å². The van der Waals surface area contributed by atoms with E-state index in [1.807, 2.05) is 0 Å². The van der Waals surface area contributed by atoms with E-state index < -0.39 is 0 Å². The first-order valence-corrected chi connectivity index (χ1v) is 9.65. The molecule has 2 N–H and O–H groups in total. The predicted molar refractivity (Wildman–Crippen MR) is 111 cm³/mol. The highest BCUT2D eigenvalue weighted by atomic mass is 35.5. The van der Waals surface area contributed by atoms with Crippen LogP contribution in [0.4, 0.5) is 0 Å². The Kier molecular flexibility index (Phi) is 5.48. The van der Waals surface area contributed by atoms with Crippen molar-refractivity contribution < 1.29 is 18.5 Å². The van der Waals surface area contributed by atoms with E-state index >= 15 is 0 Å². The number of hydrogen-bond donors (Lipinski definition) is 2. The Morgan fingerprint density at radius 1 is 1.17 bits per heavy atom. The summed E-state index contributed by atoms with van der Waals surface area (Å²) < 4.78 is 10.4. The van der Waals surface area contributed by atoms with Crippen LogP contribution < -0.4 is 5.32 Å². The van der Waals surface area contributed by atoms with Crippen LogP contribution in [0.15, 0.2) is 57.8 Å². The van der Waals surface area contributed by atoms with Crippen LogP contribution in [0.25, 0.3) is 11.3 Å². The number of H-pyrrole nitrogens is 1. The summed E-state index contributed by atoms with van der Waals surface area (Å²) in [6.45, 7) is 1.85. The molecule has 0 aliphatic heterocycles. The molecule has 0 spiro atoms. The zero-order valence-corrected chi connectivity index (χ0v) is 17.2. The standard InChI is InChI=1S/C21H15Cl2N3O4/c1-11-17(19(26-30-11)18-14(22)5-2-6-15(18)23)20(27)12-8-16(24-9-12)21(28)25-10-13-4-3-7-29-13/h2-9,24H,10H2,1H3,(H,25,28). The molecule has 152 valence electrons. The number of rotatable bonds is 6. The highest BCUT2D eigenvalue weighted by Gasteiger charge is 2.26. The topological polar surface area (TPSA) is 101 Å². The number of halogens is 2. The third-order valence-electron chi connectivity index (χ3n) is 4.48.